The van der Waals surface area contributed by atoms with E-state index in [1.54, 1.807) is 25.1 Å². The van der Waals surface area contributed by atoms with Gasteiger partial charge in [-0.15, -0.1) is 0 Å². The minimum absolute atomic E-state index is 0.150. The quantitative estimate of drug-likeness (QED) is 0.823. The molecule has 0 aliphatic rings. The molecule has 0 N–H and O–H groups in total. The van der Waals surface area contributed by atoms with Gasteiger partial charge in [0.15, 0.2) is 0 Å². The first-order valence-corrected chi connectivity index (χ1v) is 8.20. The number of benzene rings is 1. The lowest BCUT2D eigenvalue weighted by Crippen LogP contribution is -2.30. The molecule has 1 aromatic carbocycles. The van der Waals surface area contributed by atoms with Crippen LogP contribution in [0, 0.1) is 0 Å². The van der Waals surface area contributed by atoms with Gasteiger partial charge in [-0.3, -0.25) is 4.31 Å². The summed E-state index contributed by atoms with van der Waals surface area (Å²) in [5.74, 6) is 0.416. The highest BCUT2D eigenvalue weighted by molar-refractivity contribution is 7.92. The second-order valence-corrected chi connectivity index (χ2v) is 6.13. The Morgan fingerprint density at radius 2 is 1.81 bits per heavy atom. The van der Waals surface area contributed by atoms with Crippen LogP contribution in [0.2, 0.25) is 0 Å². The van der Waals surface area contributed by atoms with Crippen LogP contribution in [-0.2, 0) is 10.0 Å². The third-order valence-corrected chi connectivity index (χ3v) is 4.81. The van der Waals surface area contributed by atoms with Crippen LogP contribution in [0.3, 0.4) is 0 Å². The van der Waals surface area contributed by atoms with Gasteiger partial charge in [0.05, 0.1) is 18.5 Å². The molecule has 0 bridgehead atoms. The van der Waals surface area contributed by atoms with E-state index in [4.69, 9.17) is 4.74 Å². The molecule has 0 amide bonds. The summed E-state index contributed by atoms with van der Waals surface area (Å²) < 4.78 is 31.9. The zero-order chi connectivity index (χ0) is 15.3. The molecule has 5 nitrogen and oxygen atoms in total. The summed E-state index contributed by atoms with van der Waals surface area (Å²) >= 11 is 0. The molecule has 0 spiro atoms. The van der Waals surface area contributed by atoms with Gasteiger partial charge in [-0.25, -0.2) is 13.4 Å². The van der Waals surface area contributed by atoms with Crippen molar-refractivity contribution >= 4 is 15.7 Å². The number of aromatic nitrogens is 1. The number of hydrogen-bond acceptors (Lipinski definition) is 4. The fourth-order valence-corrected chi connectivity index (χ4v) is 3.38. The lowest BCUT2D eigenvalue weighted by Gasteiger charge is -2.22. The van der Waals surface area contributed by atoms with Crippen molar-refractivity contribution in [1.29, 1.82) is 0 Å². The van der Waals surface area contributed by atoms with Crippen LogP contribution in [0.1, 0.15) is 13.8 Å². The van der Waals surface area contributed by atoms with E-state index in [2.05, 4.69) is 4.98 Å². The Balaban J connectivity index is 2.35. The van der Waals surface area contributed by atoms with E-state index in [-0.39, 0.29) is 4.90 Å². The van der Waals surface area contributed by atoms with E-state index in [9.17, 15) is 8.42 Å². The smallest absolute Gasteiger partial charge is 0.265 e. The highest BCUT2D eigenvalue weighted by atomic mass is 32.2. The van der Waals surface area contributed by atoms with E-state index >= 15 is 0 Å². The summed E-state index contributed by atoms with van der Waals surface area (Å²) in [5.41, 5.74) is 0.633. The van der Waals surface area contributed by atoms with Crippen LogP contribution >= 0.6 is 0 Å². The molecule has 1 aromatic heterocycles. The van der Waals surface area contributed by atoms with Crippen molar-refractivity contribution in [3.63, 3.8) is 0 Å². The first-order chi connectivity index (χ1) is 10.1. The molecule has 0 saturated heterocycles. The summed E-state index contributed by atoms with van der Waals surface area (Å²) in [6.07, 6.45) is 1.33. The fraction of sp³-hybridized carbons (Fsp3) is 0.267. The van der Waals surface area contributed by atoms with Gasteiger partial charge in [-0.1, -0.05) is 18.2 Å². The Bertz CT molecular complexity index is 670. The average molecular weight is 306 g/mol. The predicted octanol–water partition coefficient (Wildman–Crippen LogP) is 2.70. The van der Waals surface area contributed by atoms with Gasteiger partial charge in [-0.05, 0) is 32.0 Å². The molecule has 0 aliphatic heterocycles. The molecule has 0 radical (unpaired) electrons. The molecule has 0 atom stereocenters. The minimum Gasteiger partial charge on any atom is -0.478 e. The number of para-hydroxylation sites is 1. The summed E-state index contributed by atoms with van der Waals surface area (Å²) in [7, 11) is -3.62. The first-order valence-electron chi connectivity index (χ1n) is 6.76. The maximum absolute atomic E-state index is 12.7. The molecule has 0 fully saturated rings. The monoisotopic (exact) mass is 306 g/mol. The van der Waals surface area contributed by atoms with Crippen molar-refractivity contribution in [3.05, 3.63) is 48.7 Å². The molecular formula is C15H18N2O3S. The van der Waals surface area contributed by atoms with Gasteiger partial charge in [0.1, 0.15) is 4.90 Å². The third kappa shape index (κ3) is 3.33. The largest absolute Gasteiger partial charge is 0.478 e. The maximum Gasteiger partial charge on any atom is 0.265 e. The van der Waals surface area contributed by atoms with Crippen molar-refractivity contribution in [2.24, 2.45) is 0 Å². The average Bonchev–Trinajstić information content (AvgIpc) is 2.50. The molecule has 2 aromatic rings. The van der Waals surface area contributed by atoms with Gasteiger partial charge >= 0.3 is 0 Å². The third-order valence-electron chi connectivity index (χ3n) is 2.92. The molecule has 1 heterocycles. The van der Waals surface area contributed by atoms with Gasteiger partial charge in [0.25, 0.3) is 10.0 Å². The molecule has 21 heavy (non-hydrogen) atoms. The number of anilines is 1. The van der Waals surface area contributed by atoms with Crippen molar-refractivity contribution in [3.8, 4) is 5.88 Å². The molecule has 0 aliphatic carbocycles. The van der Waals surface area contributed by atoms with Gasteiger partial charge in [0, 0.05) is 12.6 Å². The second kappa shape index (κ2) is 6.58. The summed E-state index contributed by atoms with van der Waals surface area (Å²) in [6.45, 7) is 4.48. The summed E-state index contributed by atoms with van der Waals surface area (Å²) in [6, 6.07) is 12.1. The van der Waals surface area contributed by atoms with Crippen LogP contribution in [0.4, 0.5) is 5.69 Å². The lowest BCUT2D eigenvalue weighted by atomic mass is 10.3. The number of ether oxygens (including phenoxy) is 1. The molecule has 0 unspecified atom stereocenters. The second-order valence-electron chi connectivity index (χ2n) is 4.27. The van der Waals surface area contributed by atoms with E-state index in [0.29, 0.717) is 24.7 Å². The molecule has 112 valence electrons. The fourth-order valence-electron chi connectivity index (χ4n) is 1.97. The minimum atomic E-state index is -3.62. The molecule has 6 heteroatoms. The molecule has 2 rings (SSSR count). The van der Waals surface area contributed by atoms with E-state index < -0.39 is 10.0 Å². The SMILES string of the molecule is CCOc1ccc(S(=O)(=O)N(CC)c2ccccc2)cn1. The van der Waals surface area contributed by atoms with Gasteiger partial charge in [0.2, 0.25) is 5.88 Å². The zero-order valence-corrected chi connectivity index (χ0v) is 12.9. The van der Waals surface area contributed by atoms with Crippen LogP contribution in [0.5, 0.6) is 5.88 Å². The van der Waals surface area contributed by atoms with E-state index in [1.165, 1.54) is 16.6 Å². The maximum atomic E-state index is 12.7. The summed E-state index contributed by atoms with van der Waals surface area (Å²) in [4.78, 5) is 4.17. The topological polar surface area (TPSA) is 59.5 Å². The number of nitrogens with zero attached hydrogens (tertiary/aromatic N) is 2. The summed E-state index contributed by atoms with van der Waals surface area (Å²) in [5, 5.41) is 0. The Hall–Kier alpha value is -2.08. The highest BCUT2D eigenvalue weighted by Crippen LogP contribution is 2.23. The van der Waals surface area contributed by atoms with Crippen molar-refractivity contribution in [1.82, 2.24) is 4.98 Å². The normalized spacial score (nSPS) is 11.1. The number of hydrogen-bond donors (Lipinski definition) is 0. The van der Waals surface area contributed by atoms with Crippen molar-refractivity contribution in [2.75, 3.05) is 17.5 Å². The Labute approximate surface area is 125 Å². The van der Waals surface area contributed by atoms with Crippen LogP contribution < -0.4 is 9.04 Å². The van der Waals surface area contributed by atoms with E-state index in [1.807, 2.05) is 25.1 Å². The van der Waals surface area contributed by atoms with Gasteiger partial charge < -0.3 is 4.74 Å². The lowest BCUT2D eigenvalue weighted by molar-refractivity contribution is 0.326. The Morgan fingerprint density at radius 3 is 2.33 bits per heavy atom. The van der Waals surface area contributed by atoms with Crippen molar-refractivity contribution in [2.45, 2.75) is 18.7 Å². The standard InChI is InChI=1S/C15H18N2O3S/c1-3-17(13-8-6-5-7-9-13)21(18,19)14-10-11-15(16-12-14)20-4-2/h5-12H,3-4H2,1-2H3. The van der Waals surface area contributed by atoms with Crippen molar-refractivity contribution < 1.29 is 13.2 Å². The zero-order valence-electron chi connectivity index (χ0n) is 12.1. The van der Waals surface area contributed by atoms with Crippen LogP contribution in [0.15, 0.2) is 53.6 Å². The number of sulfonamides is 1. The first kappa shape index (κ1) is 15.3. The van der Waals surface area contributed by atoms with Gasteiger partial charge in [-0.2, -0.15) is 0 Å². The molecular weight excluding hydrogens is 288 g/mol. The van der Waals surface area contributed by atoms with Crippen LogP contribution in [0.25, 0.3) is 0 Å². The number of rotatable bonds is 6. The Morgan fingerprint density at radius 1 is 1.10 bits per heavy atom. The molecule has 0 saturated carbocycles. The number of pyridine rings is 1. The van der Waals surface area contributed by atoms with E-state index in [0.717, 1.165) is 0 Å². The Kier molecular flexibility index (Phi) is 4.80. The van der Waals surface area contributed by atoms with Crippen LogP contribution in [-0.4, -0.2) is 26.6 Å². The highest BCUT2D eigenvalue weighted by Gasteiger charge is 2.23. The predicted molar refractivity (Wildman–Crippen MR) is 82.1 cm³/mol.